The van der Waals surface area contributed by atoms with E-state index in [0.717, 1.165) is 13.1 Å². The minimum absolute atomic E-state index is 0.0746. The zero-order valence-electron chi connectivity index (χ0n) is 14.1. The van der Waals surface area contributed by atoms with Crippen LogP contribution >= 0.6 is 11.8 Å². The van der Waals surface area contributed by atoms with E-state index >= 15 is 0 Å². The lowest BCUT2D eigenvalue weighted by Crippen LogP contribution is -2.60. The van der Waals surface area contributed by atoms with Gasteiger partial charge in [0.2, 0.25) is 0 Å². The number of H-pyrrole nitrogens is 1. The Kier molecular flexibility index (Phi) is 3.98. The summed E-state index contributed by atoms with van der Waals surface area (Å²) in [6, 6.07) is -0.405. The number of nitrogens with one attached hydrogen (secondary N) is 1. The van der Waals surface area contributed by atoms with Gasteiger partial charge in [-0.05, 0) is 37.1 Å². The standard InChI is InChI=1S/C15H23N7OS/c1-15(2)11(12-17-19-20-18-12)22-13(23)10(14(22)24-15)16-9-21-7-5-3-4-6-8-21/h9-11,14H,3-8H2,1-2H3,(H,17,18,19,20)/t10?,11?,14-/m1/s1. The number of aromatic amines is 1. The summed E-state index contributed by atoms with van der Waals surface area (Å²) < 4.78 is -0.144. The Morgan fingerprint density at radius 1 is 1.29 bits per heavy atom. The van der Waals surface area contributed by atoms with Gasteiger partial charge < -0.3 is 9.80 Å². The molecule has 130 valence electrons. The van der Waals surface area contributed by atoms with Crippen molar-refractivity contribution in [2.75, 3.05) is 13.1 Å². The summed E-state index contributed by atoms with van der Waals surface area (Å²) in [5.41, 5.74) is 0. The monoisotopic (exact) mass is 349 g/mol. The molecule has 0 aromatic carbocycles. The molecule has 4 rings (SSSR count). The van der Waals surface area contributed by atoms with Crippen molar-refractivity contribution in [2.24, 2.45) is 4.99 Å². The molecule has 0 radical (unpaired) electrons. The molecule has 3 aliphatic rings. The smallest absolute Gasteiger partial charge is 0.252 e. The second-order valence-corrected chi connectivity index (χ2v) is 8.98. The first-order valence-corrected chi connectivity index (χ1v) is 9.47. The van der Waals surface area contributed by atoms with Gasteiger partial charge in [-0.15, -0.1) is 16.9 Å². The average Bonchev–Trinajstić information content (AvgIpc) is 3.04. The molecule has 2 unspecified atom stereocenters. The highest BCUT2D eigenvalue weighted by Gasteiger charge is 2.62. The number of aromatic nitrogens is 4. The number of thioether (sulfide) groups is 1. The number of carbonyl (C=O) groups excluding carboxylic acids is 1. The molecule has 0 bridgehead atoms. The minimum Gasteiger partial charge on any atom is -0.363 e. The van der Waals surface area contributed by atoms with Gasteiger partial charge in [-0.3, -0.25) is 9.79 Å². The first-order chi connectivity index (χ1) is 11.6. The van der Waals surface area contributed by atoms with Crippen molar-refractivity contribution in [2.45, 2.75) is 61.7 Å². The molecule has 1 N–H and O–H groups in total. The van der Waals surface area contributed by atoms with E-state index in [-0.39, 0.29) is 28.1 Å². The molecule has 3 fully saturated rings. The number of aliphatic imine (C=N–C) groups is 1. The number of nitrogens with zero attached hydrogens (tertiary/aromatic N) is 6. The Hall–Kier alpha value is -1.64. The maximum atomic E-state index is 12.7. The summed E-state index contributed by atoms with van der Waals surface area (Å²) in [7, 11) is 0. The third-order valence-electron chi connectivity index (χ3n) is 5.06. The van der Waals surface area contributed by atoms with Gasteiger partial charge >= 0.3 is 0 Å². The molecule has 0 spiro atoms. The molecule has 4 heterocycles. The quantitative estimate of drug-likeness (QED) is 0.501. The molecular weight excluding hydrogens is 326 g/mol. The van der Waals surface area contributed by atoms with Crippen molar-refractivity contribution < 1.29 is 4.79 Å². The highest BCUT2D eigenvalue weighted by atomic mass is 32.2. The van der Waals surface area contributed by atoms with Crippen molar-refractivity contribution in [1.29, 1.82) is 0 Å². The molecule has 0 saturated carbocycles. The fourth-order valence-electron chi connectivity index (χ4n) is 3.83. The summed E-state index contributed by atoms with van der Waals surface area (Å²) in [4.78, 5) is 21.4. The van der Waals surface area contributed by atoms with Crippen LogP contribution in [0.4, 0.5) is 0 Å². The highest BCUT2D eigenvalue weighted by Crippen LogP contribution is 2.57. The van der Waals surface area contributed by atoms with Crippen molar-refractivity contribution in [3.63, 3.8) is 0 Å². The summed E-state index contributed by atoms with van der Waals surface area (Å²) in [5.74, 6) is 0.726. The van der Waals surface area contributed by atoms with Crippen LogP contribution in [0.25, 0.3) is 0 Å². The Labute approximate surface area is 145 Å². The lowest BCUT2D eigenvalue weighted by Gasteiger charge is -2.42. The second kappa shape index (κ2) is 6.02. The first-order valence-electron chi connectivity index (χ1n) is 8.59. The van der Waals surface area contributed by atoms with Crippen molar-refractivity contribution in [3.05, 3.63) is 5.82 Å². The highest BCUT2D eigenvalue weighted by molar-refractivity contribution is 8.01. The van der Waals surface area contributed by atoms with Gasteiger partial charge in [-0.25, -0.2) is 5.10 Å². The summed E-state index contributed by atoms with van der Waals surface area (Å²) >= 11 is 1.78. The Morgan fingerprint density at radius 3 is 2.71 bits per heavy atom. The van der Waals surface area contributed by atoms with E-state index in [4.69, 9.17) is 0 Å². The molecule has 3 atom stereocenters. The van der Waals surface area contributed by atoms with Crippen LogP contribution in [-0.4, -0.2) is 71.9 Å². The lowest BCUT2D eigenvalue weighted by molar-refractivity contribution is -0.147. The van der Waals surface area contributed by atoms with Gasteiger partial charge in [-0.2, -0.15) is 0 Å². The number of rotatable bonds is 3. The fraction of sp³-hybridized carbons (Fsp3) is 0.800. The Bertz CT molecular complexity index is 624. The van der Waals surface area contributed by atoms with Crippen LogP contribution < -0.4 is 0 Å². The second-order valence-electron chi connectivity index (χ2n) is 7.21. The average molecular weight is 349 g/mol. The SMILES string of the molecule is CC1(C)S[C@@H]2C(N=CN3CCCCCC3)C(=O)N2C1c1nnn[nH]1. The number of likely N-dealkylation sites (tertiary alicyclic amines) is 1. The van der Waals surface area contributed by atoms with E-state index in [9.17, 15) is 4.79 Å². The number of β-lactam (4-membered cyclic amide) rings is 1. The normalized spacial score (nSPS) is 32.8. The van der Waals surface area contributed by atoms with Crippen molar-refractivity contribution in [1.82, 2.24) is 30.4 Å². The first kappa shape index (κ1) is 15.9. The number of tetrazole rings is 1. The maximum Gasteiger partial charge on any atom is 0.252 e. The molecule has 9 heteroatoms. The lowest BCUT2D eigenvalue weighted by atomic mass is 9.96. The number of hydrogen-bond acceptors (Lipinski definition) is 6. The van der Waals surface area contributed by atoms with E-state index in [1.165, 1.54) is 25.7 Å². The van der Waals surface area contributed by atoms with Gasteiger partial charge in [0.25, 0.3) is 5.91 Å². The van der Waals surface area contributed by atoms with Crippen LogP contribution in [0.1, 0.15) is 51.4 Å². The predicted molar refractivity (Wildman–Crippen MR) is 91.5 cm³/mol. The molecule has 24 heavy (non-hydrogen) atoms. The topological polar surface area (TPSA) is 90.4 Å². The third-order valence-corrected chi connectivity index (χ3v) is 6.62. The van der Waals surface area contributed by atoms with E-state index < -0.39 is 0 Å². The number of hydrogen-bond donors (Lipinski definition) is 1. The Morgan fingerprint density at radius 2 is 2.04 bits per heavy atom. The van der Waals surface area contributed by atoms with Crippen LogP contribution in [0.5, 0.6) is 0 Å². The van der Waals surface area contributed by atoms with E-state index in [0.29, 0.717) is 5.82 Å². The summed E-state index contributed by atoms with van der Waals surface area (Å²) in [6.07, 6.45) is 6.91. The number of carbonyl (C=O) groups is 1. The van der Waals surface area contributed by atoms with Crippen molar-refractivity contribution >= 4 is 24.0 Å². The van der Waals surface area contributed by atoms with Gasteiger partial charge in [0.1, 0.15) is 11.4 Å². The molecule has 3 aliphatic heterocycles. The zero-order chi connectivity index (χ0) is 16.7. The van der Waals surface area contributed by atoms with E-state index in [1.807, 2.05) is 11.2 Å². The molecule has 1 amide bonds. The fourth-order valence-corrected chi connectivity index (χ4v) is 5.46. The largest absolute Gasteiger partial charge is 0.363 e. The van der Waals surface area contributed by atoms with Crippen LogP contribution in [0.2, 0.25) is 0 Å². The summed E-state index contributed by atoms with van der Waals surface area (Å²) in [6.45, 7) is 6.35. The number of fused-ring (bicyclic) bond motifs is 1. The summed E-state index contributed by atoms with van der Waals surface area (Å²) in [5, 5.41) is 14.2. The minimum atomic E-state index is -0.279. The van der Waals surface area contributed by atoms with Crippen LogP contribution in [0.15, 0.2) is 4.99 Å². The number of amides is 1. The van der Waals surface area contributed by atoms with Crippen LogP contribution in [0, 0.1) is 0 Å². The third kappa shape index (κ3) is 2.58. The zero-order valence-corrected chi connectivity index (χ0v) is 14.9. The van der Waals surface area contributed by atoms with Gasteiger partial charge in [0, 0.05) is 17.8 Å². The van der Waals surface area contributed by atoms with E-state index in [2.05, 4.69) is 44.4 Å². The molecule has 1 aromatic heterocycles. The van der Waals surface area contributed by atoms with Gasteiger partial charge in [-0.1, -0.05) is 12.8 Å². The Balaban J connectivity index is 1.48. The molecule has 8 nitrogen and oxygen atoms in total. The van der Waals surface area contributed by atoms with E-state index in [1.54, 1.807) is 11.8 Å². The van der Waals surface area contributed by atoms with Crippen molar-refractivity contribution in [3.8, 4) is 0 Å². The van der Waals surface area contributed by atoms with Gasteiger partial charge in [0.05, 0.1) is 6.34 Å². The van der Waals surface area contributed by atoms with Crippen LogP contribution in [0.3, 0.4) is 0 Å². The molecule has 0 aliphatic carbocycles. The maximum absolute atomic E-state index is 12.7. The van der Waals surface area contributed by atoms with Crippen LogP contribution in [-0.2, 0) is 4.79 Å². The molecule has 3 saturated heterocycles. The van der Waals surface area contributed by atoms with Gasteiger partial charge in [0.15, 0.2) is 11.9 Å². The molecular formula is C15H23N7OS. The predicted octanol–water partition coefficient (Wildman–Crippen LogP) is 1.21. The molecule has 1 aromatic rings.